The van der Waals surface area contributed by atoms with Crippen LogP contribution in [-0.2, 0) is 4.79 Å². The molecular formula is C7H11BrO2. The summed E-state index contributed by atoms with van der Waals surface area (Å²) in [6, 6.07) is 0. The third-order valence-electron chi connectivity index (χ3n) is 1.94. The van der Waals surface area contributed by atoms with Crippen molar-refractivity contribution in [1.29, 1.82) is 0 Å². The molecule has 0 spiro atoms. The molecular weight excluding hydrogens is 196 g/mol. The number of carboxylic acids is 1. The maximum absolute atomic E-state index is 10.2. The summed E-state index contributed by atoms with van der Waals surface area (Å²) in [6.07, 6.45) is 3.59. The fourth-order valence-electron chi connectivity index (χ4n) is 1.45. The molecule has 0 bridgehead atoms. The normalized spacial score (nSPS) is 32.5. The molecule has 1 fully saturated rings. The first-order valence-corrected chi connectivity index (χ1v) is 4.46. The highest BCUT2D eigenvalue weighted by atomic mass is 79.9. The second-order valence-electron chi connectivity index (χ2n) is 2.87. The SMILES string of the molecule is O=C(O)CC1CCC(Br)C1. The third-order valence-corrected chi connectivity index (χ3v) is 2.77. The Hall–Kier alpha value is -0.0500. The Morgan fingerprint density at radius 3 is 2.70 bits per heavy atom. The number of alkyl halides is 1. The zero-order valence-electron chi connectivity index (χ0n) is 5.72. The lowest BCUT2D eigenvalue weighted by molar-refractivity contribution is -0.138. The average Bonchev–Trinajstić information content (AvgIpc) is 2.13. The van der Waals surface area contributed by atoms with E-state index in [-0.39, 0.29) is 0 Å². The van der Waals surface area contributed by atoms with Crippen LogP contribution in [-0.4, -0.2) is 15.9 Å². The zero-order valence-corrected chi connectivity index (χ0v) is 7.30. The molecule has 0 amide bonds. The molecule has 2 atom stereocenters. The van der Waals surface area contributed by atoms with Gasteiger partial charge >= 0.3 is 5.97 Å². The maximum atomic E-state index is 10.2. The van der Waals surface area contributed by atoms with E-state index in [0.717, 1.165) is 19.3 Å². The Morgan fingerprint density at radius 1 is 1.60 bits per heavy atom. The lowest BCUT2D eigenvalue weighted by Crippen LogP contribution is -2.04. The Kier molecular flexibility index (Phi) is 2.72. The van der Waals surface area contributed by atoms with Crippen LogP contribution in [0.15, 0.2) is 0 Å². The van der Waals surface area contributed by atoms with Gasteiger partial charge in [0.1, 0.15) is 0 Å². The van der Waals surface area contributed by atoms with Crippen LogP contribution in [0.2, 0.25) is 0 Å². The molecule has 10 heavy (non-hydrogen) atoms. The fraction of sp³-hybridized carbons (Fsp3) is 0.857. The van der Waals surface area contributed by atoms with Gasteiger partial charge in [-0.2, -0.15) is 0 Å². The minimum absolute atomic E-state index is 0.349. The molecule has 1 saturated carbocycles. The van der Waals surface area contributed by atoms with Gasteiger partial charge in [-0.3, -0.25) is 4.79 Å². The van der Waals surface area contributed by atoms with Gasteiger partial charge in [-0.05, 0) is 25.2 Å². The quantitative estimate of drug-likeness (QED) is 0.703. The first-order chi connectivity index (χ1) is 4.68. The molecule has 2 unspecified atom stereocenters. The van der Waals surface area contributed by atoms with Gasteiger partial charge in [0, 0.05) is 11.2 Å². The summed E-state index contributed by atoms with van der Waals surface area (Å²) in [5.74, 6) is -0.242. The van der Waals surface area contributed by atoms with E-state index in [0.29, 0.717) is 17.2 Å². The highest BCUT2D eigenvalue weighted by Crippen LogP contribution is 2.32. The number of rotatable bonds is 2. The molecule has 0 saturated heterocycles. The molecule has 0 aromatic rings. The van der Waals surface area contributed by atoms with Crippen molar-refractivity contribution < 1.29 is 9.90 Å². The summed E-state index contributed by atoms with van der Waals surface area (Å²) in [5, 5.41) is 8.44. The molecule has 0 heterocycles. The Balaban J connectivity index is 2.24. The van der Waals surface area contributed by atoms with Gasteiger partial charge in [0.2, 0.25) is 0 Å². The van der Waals surface area contributed by atoms with Crippen LogP contribution in [0.25, 0.3) is 0 Å². The Labute approximate surface area is 68.7 Å². The van der Waals surface area contributed by atoms with Gasteiger partial charge in [0.05, 0.1) is 0 Å². The van der Waals surface area contributed by atoms with E-state index in [4.69, 9.17) is 5.11 Å². The number of hydrogen-bond donors (Lipinski definition) is 1. The van der Waals surface area contributed by atoms with Crippen LogP contribution in [0.4, 0.5) is 0 Å². The standard InChI is InChI=1S/C7H11BrO2/c8-6-2-1-5(3-6)4-7(9)10/h5-6H,1-4H2,(H,9,10). The highest BCUT2D eigenvalue weighted by Gasteiger charge is 2.23. The van der Waals surface area contributed by atoms with Crippen molar-refractivity contribution >= 4 is 21.9 Å². The molecule has 1 N–H and O–H groups in total. The van der Waals surface area contributed by atoms with Crippen LogP contribution >= 0.6 is 15.9 Å². The molecule has 1 aliphatic carbocycles. The minimum atomic E-state index is -0.661. The van der Waals surface area contributed by atoms with Gasteiger partial charge in [0.15, 0.2) is 0 Å². The minimum Gasteiger partial charge on any atom is -0.481 e. The molecule has 0 aromatic carbocycles. The summed E-state index contributed by atoms with van der Waals surface area (Å²) in [7, 11) is 0. The van der Waals surface area contributed by atoms with E-state index in [1.54, 1.807) is 0 Å². The summed E-state index contributed by atoms with van der Waals surface area (Å²) in [6.45, 7) is 0. The van der Waals surface area contributed by atoms with Crippen LogP contribution in [0.3, 0.4) is 0 Å². The first-order valence-electron chi connectivity index (χ1n) is 3.54. The van der Waals surface area contributed by atoms with Gasteiger partial charge in [-0.15, -0.1) is 0 Å². The average molecular weight is 207 g/mol. The van der Waals surface area contributed by atoms with Gasteiger partial charge in [-0.25, -0.2) is 0 Å². The second-order valence-corrected chi connectivity index (χ2v) is 4.17. The Morgan fingerprint density at radius 2 is 2.30 bits per heavy atom. The van der Waals surface area contributed by atoms with Crippen molar-refractivity contribution in [2.75, 3.05) is 0 Å². The smallest absolute Gasteiger partial charge is 0.303 e. The molecule has 2 nitrogen and oxygen atoms in total. The van der Waals surface area contributed by atoms with Crippen LogP contribution in [0.1, 0.15) is 25.7 Å². The number of carbonyl (C=O) groups is 1. The topological polar surface area (TPSA) is 37.3 Å². The highest BCUT2D eigenvalue weighted by molar-refractivity contribution is 9.09. The largest absolute Gasteiger partial charge is 0.481 e. The summed E-state index contributed by atoms with van der Waals surface area (Å²) < 4.78 is 0. The van der Waals surface area contributed by atoms with Gasteiger partial charge in [0.25, 0.3) is 0 Å². The molecule has 0 aliphatic heterocycles. The van der Waals surface area contributed by atoms with Gasteiger partial charge in [-0.1, -0.05) is 15.9 Å². The first kappa shape index (κ1) is 8.05. The zero-order chi connectivity index (χ0) is 7.56. The van der Waals surface area contributed by atoms with Crippen molar-refractivity contribution in [2.24, 2.45) is 5.92 Å². The molecule has 0 radical (unpaired) electrons. The predicted molar refractivity (Wildman–Crippen MR) is 42.3 cm³/mol. The molecule has 3 heteroatoms. The summed E-state index contributed by atoms with van der Waals surface area (Å²) in [4.78, 5) is 10.8. The number of halogens is 1. The second kappa shape index (κ2) is 3.37. The van der Waals surface area contributed by atoms with E-state index in [1.807, 2.05) is 0 Å². The number of hydrogen-bond acceptors (Lipinski definition) is 1. The van der Waals surface area contributed by atoms with E-state index in [1.165, 1.54) is 0 Å². The van der Waals surface area contributed by atoms with Crippen LogP contribution < -0.4 is 0 Å². The molecule has 1 rings (SSSR count). The predicted octanol–water partition coefficient (Wildman–Crippen LogP) is 2.02. The van der Waals surface area contributed by atoms with Crippen molar-refractivity contribution in [2.45, 2.75) is 30.5 Å². The van der Waals surface area contributed by atoms with Crippen LogP contribution in [0, 0.1) is 5.92 Å². The maximum Gasteiger partial charge on any atom is 0.303 e. The van der Waals surface area contributed by atoms with E-state index in [2.05, 4.69) is 15.9 Å². The van der Waals surface area contributed by atoms with Crippen molar-refractivity contribution in [3.8, 4) is 0 Å². The monoisotopic (exact) mass is 206 g/mol. The number of carboxylic acid groups (broad SMARTS) is 1. The van der Waals surface area contributed by atoms with E-state index >= 15 is 0 Å². The fourth-order valence-corrected chi connectivity index (χ4v) is 2.24. The number of aliphatic carboxylic acids is 1. The van der Waals surface area contributed by atoms with Crippen LogP contribution in [0.5, 0.6) is 0 Å². The van der Waals surface area contributed by atoms with Crippen molar-refractivity contribution in [1.82, 2.24) is 0 Å². The Bertz CT molecular complexity index is 136. The molecule has 0 aromatic heterocycles. The van der Waals surface area contributed by atoms with Crippen molar-refractivity contribution in [3.05, 3.63) is 0 Å². The lowest BCUT2D eigenvalue weighted by atomic mass is 10.1. The lowest BCUT2D eigenvalue weighted by Gasteiger charge is -2.02. The third kappa shape index (κ3) is 2.29. The van der Waals surface area contributed by atoms with E-state index in [9.17, 15) is 4.79 Å². The van der Waals surface area contributed by atoms with Crippen molar-refractivity contribution in [3.63, 3.8) is 0 Å². The van der Waals surface area contributed by atoms with Gasteiger partial charge < -0.3 is 5.11 Å². The van der Waals surface area contributed by atoms with E-state index < -0.39 is 5.97 Å². The summed E-state index contributed by atoms with van der Waals surface area (Å²) in [5.41, 5.74) is 0. The summed E-state index contributed by atoms with van der Waals surface area (Å²) >= 11 is 3.48. The molecule has 1 aliphatic rings. The molecule has 58 valence electrons.